The highest BCUT2D eigenvalue weighted by Gasteiger charge is 2.08. The minimum atomic E-state index is -0.498. The smallest absolute Gasteiger partial charge is 0.229 e. The lowest BCUT2D eigenvalue weighted by molar-refractivity contribution is -0.115. The Bertz CT molecular complexity index is 617. The summed E-state index contributed by atoms with van der Waals surface area (Å²) in [6.45, 7) is 0. The standard InChI is InChI=1S/C14H12ClFN2O2/c1-20-12-4-2-9(6-11(12)16)7-14(19)18-13-5-3-10(15)8-17-13/h2-6,8H,7H2,1H3,(H,17,18,19). The maximum absolute atomic E-state index is 13.5. The number of nitrogens with one attached hydrogen (secondary N) is 1. The second-order valence-corrected chi connectivity index (χ2v) is 4.49. The Labute approximate surface area is 120 Å². The van der Waals surface area contributed by atoms with Crippen molar-refractivity contribution in [2.24, 2.45) is 0 Å². The Morgan fingerprint density at radius 3 is 2.80 bits per heavy atom. The summed E-state index contributed by atoms with van der Waals surface area (Å²) in [6, 6.07) is 7.61. The molecule has 0 saturated carbocycles. The summed E-state index contributed by atoms with van der Waals surface area (Å²) in [5.74, 6) is -0.242. The first-order valence-corrected chi connectivity index (χ1v) is 6.20. The number of halogens is 2. The zero-order chi connectivity index (χ0) is 14.5. The van der Waals surface area contributed by atoms with Crippen LogP contribution in [0.5, 0.6) is 5.75 Å². The number of nitrogens with zero attached hydrogens (tertiary/aromatic N) is 1. The first-order valence-electron chi connectivity index (χ1n) is 5.82. The predicted octanol–water partition coefficient (Wildman–Crippen LogP) is 3.06. The van der Waals surface area contributed by atoms with E-state index < -0.39 is 5.82 Å². The van der Waals surface area contributed by atoms with Crippen molar-refractivity contribution in [1.82, 2.24) is 4.98 Å². The van der Waals surface area contributed by atoms with E-state index in [4.69, 9.17) is 16.3 Å². The Morgan fingerprint density at radius 2 is 2.20 bits per heavy atom. The molecule has 4 nitrogen and oxygen atoms in total. The predicted molar refractivity (Wildman–Crippen MR) is 74.5 cm³/mol. The van der Waals surface area contributed by atoms with Crippen molar-refractivity contribution in [2.45, 2.75) is 6.42 Å². The molecule has 6 heteroatoms. The number of amides is 1. The topological polar surface area (TPSA) is 51.2 Å². The molecular weight excluding hydrogens is 283 g/mol. The third kappa shape index (κ3) is 3.68. The van der Waals surface area contributed by atoms with Gasteiger partial charge in [0.15, 0.2) is 11.6 Å². The largest absolute Gasteiger partial charge is 0.494 e. The number of carbonyl (C=O) groups excluding carboxylic acids is 1. The molecule has 0 aliphatic heterocycles. The number of benzene rings is 1. The summed E-state index contributed by atoms with van der Waals surface area (Å²) in [4.78, 5) is 15.7. The lowest BCUT2D eigenvalue weighted by atomic mass is 10.1. The van der Waals surface area contributed by atoms with Crippen molar-refractivity contribution >= 4 is 23.3 Å². The minimum absolute atomic E-state index is 0.0468. The molecule has 0 aliphatic rings. The first-order chi connectivity index (χ1) is 9.58. The van der Waals surface area contributed by atoms with Crippen molar-refractivity contribution in [3.63, 3.8) is 0 Å². The number of rotatable bonds is 4. The van der Waals surface area contributed by atoms with E-state index in [0.29, 0.717) is 16.4 Å². The molecule has 0 unspecified atom stereocenters. The van der Waals surface area contributed by atoms with Crippen molar-refractivity contribution in [3.05, 3.63) is 52.9 Å². The summed E-state index contributed by atoms with van der Waals surface area (Å²) in [5, 5.41) is 3.09. The van der Waals surface area contributed by atoms with Crippen LogP contribution in [0.1, 0.15) is 5.56 Å². The highest BCUT2D eigenvalue weighted by molar-refractivity contribution is 6.30. The van der Waals surface area contributed by atoms with E-state index >= 15 is 0 Å². The number of ether oxygens (including phenoxy) is 1. The number of hydrogen-bond acceptors (Lipinski definition) is 3. The maximum atomic E-state index is 13.5. The number of carbonyl (C=O) groups is 1. The second-order valence-electron chi connectivity index (χ2n) is 4.06. The fraction of sp³-hybridized carbons (Fsp3) is 0.143. The van der Waals surface area contributed by atoms with Crippen LogP contribution in [0.25, 0.3) is 0 Å². The molecule has 1 amide bonds. The third-order valence-corrected chi connectivity index (χ3v) is 2.80. The summed E-state index contributed by atoms with van der Waals surface area (Å²) in [6.07, 6.45) is 1.48. The number of hydrogen-bond donors (Lipinski definition) is 1. The van der Waals surface area contributed by atoms with Crippen molar-refractivity contribution in [1.29, 1.82) is 0 Å². The highest BCUT2D eigenvalue weighted by atomic mass is 35.5. The van der Waals surface area contributed by atoms with E-state index in [1.54, 1.807) is 18.2 Å². The van der Waals surface area contributed by atoms with E-state index in [-0.39, 0.29) is 18.1 Å². The van der Waals surface area contributed by atoms with Crippen molar-refractivity contribution in [3.8, 4) is 5.75 Å². The summed E-state index contributed by atoms with van der Waals surface area (Å²) >= 11 is 5.70. The van der Waals surface area contributed by atoms with Gasteiger partial charge in [-0.3, -0.25) is 4.79 Å². The molecular formula is C14H12ClFN2O2. The van der Waals surface area contributed by atoms with Gasteiger partial charge in [0.25, 0.3) is 0 Å². The first kappa shape index (κ1) is 14.3. The summed E-state index contributed by atoms with van der Waals surface area (Å²) < 4.78 is 18.3. The lowest BCUT2D eigenvalue weighted by Gasteiger charge is -2.06. The van der Waals surface area contributed by atoms with Gasteiger partial charge in [-0.1, -0.05) is 17.7 Å². The average molecular weight is 295 g/mol. The van der Waals surface area contributed by atoms with Gasteiger partial charge >= 0.3 is 0 Å². The van der Waals surface area contributed by atoms with Crippen molar-refractivity contribution < 1.29 is 13.9 Å². The van der Waals surface area contributed by atoms with Gasteiger partial charge in [0.2, 0.25) is 5.91 Å². The van der Waals surface area contributed by atoms with Crippen LogP contribution in [-0.2, 0) is 11.2 Å². The Kier molecular flexibility index (Phi) is 4.53. The number of pyridine rings is 1. The number of aromatic nitrogens is 1. The van der Waals surface area contributed by atoms with Crippen LogP contribution in [0, 0.1) is 5.82 Å². The van der Waals surface area contributed by atoms with Crippen LogP contribution in [0.15, 0.2) is 36.5 Å². The van der Waals surface area contributed by atoms with Gasteiger partial charge in [-0.15, -0.1) is 0 Å². The molecule has 0 fully saturated rings. The van der Waals surface area contributed by atoms with Gasteiger partial charge in [-0.05, 0) is 29.8 Å². The SMILES string of the molecule is COc1ccc(CC(=O)Nc2ccc(Cl)cn2)cc1F. The molecule has 0 aliphatic carbocycles. The molecule has 2 rings (SSSR count). The minimum Gasteiger partial charge on any atom is -0.494 e. The molecule has 1 aromatic heterocycles. The molecule has 1 aromatic carbocycles. The normalized spacial score (nSPS) is 10.2. The summed E-state index contributed by atoms with van der Waals surface area (Å²) in [5.41, 5.74) is 0.551. The molecule has 0 radical (unpaired) electrons. The van der Waals surface area contributed by atoms with Gasteiger partial charge in [0, 0.05) is 6.20 Å². The Balaban J connectivity index is 2.01. The molecule has 0 saturated heterocycles. The average Bonchev–Trinajstić information content (AvgIpc) is 2.41. The van der Waals surface area contributed by atoms with Crippen LogP contribution in [-0.4, -0.2) is 18.0 Å². The summed E-state index contributed by atoms with van der Waals surface area (Å²) in [7, 11) is 1.39. The zero-order valence-electron chi connectivity index (χ0n) is 10.7. The van der Waals surface area contributed by atoms with E-state index in [2.05, 4.69) is 10.3 Å². The van der Waals surface area contributed by atoms with Crippen LogP contribution in [0.2, 0.25) is 5.02 Å². The number of methoxy groups -OCH3 is 1. The quantitative estimate of drug-likeness (QED) is 0.943. The van der Waals surface area contributed by atoms with Crippen LogP contribution in [0.4, 0.5) is 10.2 Å². The van der Waals surface area contributed by atoms with Crippen LogP contribution >= 0.6 is 11.6 Å². The van der Waals surface area contributed by atoms with Crippen LogP contribution < -0.4 is 10.1 Å². The molecule has 104 valence electrons. The Hall–Kier alpha value is -2.14. The van der Waals surface area contributed by atoms with Gasteiger partial charge < -0.3 is 10.1 Å². The molecule has 2 aromatic rings. The molecule has 1 heterocycles. The van der Waals surface area contributed by atoms with Crippen LogP contribution in [0.3, 0.4) is 0 Å². The fourth-order valence-corrected chi connectivity index (χ4v) is 1.75. The van der Waals surface area contributed by atoms with Gasteiger partial charge in [0.1, 0.15) is 5.82 Å². The highest BCUT2D eigenvalue weighted by Crippen LogP contribution is 2.18. The van der Waals surface area contributed by atoms with E-state index in [1.807, 2.05) is 0 Å². The fourth-order valence-electron chi connectivity index (χ4n) is 1.64. The van der Waals surface area contributed by atoms with E-state index in [0.717, 1.165) is 0 Å². The molecule has 0 atom stereocenters. The van der Waals surface area contributed by atoms with E-state index in [9.17, 15) is 9.18 Å². The zero-order valence-corrected chi connectivity index (χ0v) is 11.4. The van der Waals surface area contributed by atoms with Gasteiger partial charge in [-0.2, -0.15) is 0 Å². The molecule has 0 spiro atoms. The Morgan fingerprint density at radius 1 is 1.40 bits per heavy atom. The van der Waals surface area contributed by atoms with Crippen molar-refractivity contribution in [2.75, 3.05) is 12.4 Å². The second kappa shape index (κ2) is 6.34. The monoisotopic (exact) mass is 294 g/mol. The van der Waals surface area contributed by atoms with E-state index in [1.165, 1.54) is 25.4 Å². The van der Waals surface area contributed by atoms with Gasteiger partial charge in [0.05, 0.1) is 18.6 Å². The molecule has 1 N–H and O–H groups in total. The number of anilines is 1. The molecule has 0 bridgehead atoms. The third-order valence-electron chi connectivity index (χ3n) is 2.58. The molecule has 20 heavy (non-hydrogen) atoms. The maximum Gasteiger partial charge on any atom is 0.229 e. The van der Waals surface area contributed by atoms with Gasteiger partial charge in [-0.25, -0.2) is 9.37 Å². The lowest BCUT2D eigenvalue weighted by Crippen LogP contribution is -2.15.